The Morgan fingerprint density at radius 2 is 1.75 bits per heavy atom. The molecular weight excluding hydrogens is 245 g/mol. The Kier molecular flexibility index (Phi) is 4.28. The summed E-state index contributed by atoms with van der Waals surface area (Å²) in [7, 11) is 1.77. The van der Waals surface area contributed by atoms with E-state index >= 15 is 0 Å². The highest BCUT2D eigenvalue weighted by Gasteiger charge is 2.13. The molecule has 0 unspecified atom stereocenters. The predicted octanol–water partition coefficient (Wildman–Crippen LogP) is 3.89. The summed E-state index contributed by atoms with van der Waals surface area (Å²) in [6.45, 7) is 7.22. The molecule has 0 bridgehead atoms. The van der Waals surface area contributed by atoms with E-state index in [1.165, 1.54) is 0 Å². The van der Waals surface area contributed by atoms with E-state index in [4.69, 9.17) is 23.2 Å². The largest absolute Gasteiger partial charge is 0.372 e. The fourth-order valence-corrected chi connectivity index (χ4v) is 1.63. The van der Waals surface area contributed by atoms with Crippen LogP contribution in [-0.2, 0) is 0 Å². The van der Waals surface area contributed by atoms with Crippen molar-refractivity contribution in [3.05, 3.63) is 16.1 Å². The van der Waals surface area contributed by atoms with Crippen molar-refractivity contribution in [2.24, 2.45) is 5.41 Å². The van der Waals surface area contributed by atoms with E-state index in [1.54, 1.807) is 13.1 Å². The van der Waals surface area contributed by atoms with Gasteiger partial charge in [-0.05, 0) is 11.5 Å². The lowest BCUT2D eigenvalue weighted by Crippen LogP contribution is -2.20. The summed E-state index contributed by atoms with van der Waals surface area (Å²) in [5, 5.41) is 7.19. The van der Waals surface area contributed by atoms with Crippen LogP contribution in [0.5, 0.6) is 0 Å². The Morgan fingerprint density at radius 1 is 1.19 bits per heavy atom. The monoisotopic (exact) mass is 261 g/mol. The van der Waals surface area contributed by atoms with Gasteiger partial charge in [-0.25, -0.2) is 4.98 Å². The first kappa shape index (κ1) is 13.4. The molecule has 0 amide bonds. The zero-order valence-corrected chi connectivity index (χ0v) is 11.5. The first-order chi connectivity index (χ1) is 7.33. The second-order valence-electron chi connectivity index (χ2n) is 4.81. The molecule has 5 heteroatoms. The molecule has 1 aromatic rings. The minimum absolute atomic E-state index is 0.171. The van der Waals surface area contributed by atoms with Gasteiger partial charge in [-0.1, -0.05) is 44.0 Å². The van der Waals surface area contributed by atoms with Crippen LogP contribution in [-0.4, -0.2) is 18.6 Å². The Bertz CT molecular complexity index is 372. The van der Waals surface area contributed by atoms with Crippen LogP contribution in [0, 0.1) is 5.41 Å². The third kappa shape index (κ3) is 3.72. The Balaban J connectivity index is 2.88. The Morgan fingerprint density at radius 3 is 2.25 bits per heavy atom. The van der Waals surface area contributed by atoms with Gasteiger partial charge in [-0.3, -0.25) is 0 Å². The molecule has 0 aliphatic rings. The van der Waals surface area contributed by atoms with Crippen LogP contribution >= 0.6 is 23.2 Å². The number of pyridine rings is 1. The molecule has 0 spiro atoms. The summed E-state index contributed by atoms with van der Waals surface area (Å²) < 4.78 is 0. The maximum atomic E-state index is 6.05. The Hall–Kier alpha value is -0.670. The minimum atomic E-state index is 0.171. The van der Waals surface area contributed by atoms with Crippen LogP contribution in [0.3, 0.4) is 0 Å². The van der Waals surface area contributed by atoms with Crippen molar-refractivity contribution >= 4 is 34.8 Å². The van der Waals surface area contributed by atoms with Crippen molar-refractivity contribution in [1.29, 1.82) is 0 Å². The van der Waals surface area contributed by atoms with Crippen molar-refractivity contribution in [2.45, 2.75) is 20.8 Å². The summed E-state index contributed by atoms with van der Waals surface area (Å²) in [6.07, 6.45) is 0. The fraction of sp³-hybridized carbons (Fsp3) is 0.545. The van der Waals surface area contributed by atoms with E-state index in [0.29, 0.717) is 21.7 Å². The number of nitrogens with zero attached hydrogens (tertiary/aromatic N) is 1. The van der Waals surface area contributed by atoms with Crippen molar-refractivity contribution in [2.75, 3.05) is 24.2 Å². The molecule has 1 aromatic heterocycles. The summed E-state index contributed by atoms with van der Waals surface area (Å²) >= 11 is 12.0. The van der Waals surface area contributed by atoms with E-state index < -0.39 is 0 Å². The first-order valence-electron chi connectivity index (χ1n) is 5.11. The molecule has 3 nitrogen and oxygen atoms in total. The zero-order chi connectivity index (χ0) is 12.3. The van der Waals surface area contributed by atoms with E-state index in [2.05, 4.69) is 36.4 Å². The lowest BCUT2D eigenvalue weighted by molar-refractivity contribution is 0.442. The molecule has 0 radical (unpaired) electrons. The Labute approximate surface area is 107 Å². The van der Waals surface area contributed by atoms with Crippen molar-refractivity contribution in [1.82, 2.24) is 4.98 Å². The quantitative estimate of drug-likeness (QED) is 0.867. The molecule has 0 atom stereocenters. The highest BCUT2D eigenvalue weighted by Crippen LogP contribution is 2.29. The molecule has 0 aliphatic heterocycles. The predicted molar refractivity (Wildman–Crippen MR) is 71.7 cm³/mol. The number of hydrogen-bond donors (Lipinski definition) is 2. The van der Waals surface area contributed by atoms with Gasteiger partial charge in [0.05, 0.1) is 10.0 Å². The normalized spacial score (nSPS) is 11.4. The SMILES string of the molecule is CNc1nc(NCC(C)(C)C)c(Cl)cc1Cl. The summed E-state index contributed by atoms with van der Waals surface area (Å²) in [5.74, 6) is 1.29. The van der Waals surface area contributed by atoms with Crippen LogP contribution in [0.1, 0.15) is 20.8 Å². The van der Waals surface area contributed by atoms with Gasteiger partial charge in [0.2, 0.25) is 0 Å². The highest BCUT2D eigenvalue weighted by molar-refractivity contribution is 6.37. The van der Waals surface area contributed by atoms with E-state index in [9.17, 15) is 0 Å². The number of aromatic nitrogens is 1. The van der Waals surface area contributed by atoms with Crippen LogP contribution < -0.4 is 10.6 Å². The first-order valence-corrected chi connectivity index (χ1v) is 5.87. The molecule has 0 aliphatic carbocycles. The molecule has 16 heavy (non-hydrogen) atoms. The van der Waals surface area contributed by atoms with Gasteiger partial charge in [0.1, 0.15) is 11.6 Å². The number of halogens is 2. The fourth-order valence-electron chi connectivity index (χ4n) is 1.11. The molecule has 0 saturated heterocycles. The molecule has 90 valence electrons. The van der Waals surface area contributed by atoms with Gasteiger partial charge >= 0.3 is 0 Å². The second-order valence-corrected chi connectivity index (χ2v) is 5.63. The molecular formula is C11H17Cl2N3. The van der Waals surface area contributed by atoms with Crippen LogP contribution in [0.25, 0.3) is 0 Å². The van der Waals surface area contributed by atoms with E-state index in [1.807, 2.05) is 0 Å². The van der Waals surface area contributed by atoms with Crippen molar-refractivity contribution in [3.8, 4) is 0 Å². The summed E-state index contributed by atoms with van der Waals surface area (Å²) in [5.41, 5.74) is 0.171. The van der Waals surface area contributed by atoms with Gasteiger partial charge in [0.25, 0.3) is 0 Å². The van der Waals surface area contributed by atoms with Gasteiger partial charge in [0.15, 0.2) is 0 Å². The zero-order valence-electron chi connectivity index (χ0n) is 9.99. The van der Waals surface area contributed by atoms with Gasteiger partial charge in [0, 0.05) is 13.6 Å². The van der Waals surface area contributed by atoms with Gasteiger partial charge < -0.3 is 10.6 Å². The van der Waals surface area contributed by atoms with Crippen molar-refractivity contribution in [3.63, 3.8) is 0 Å². The third-order valence-electron chi connectivity index (χ3n) is 1.95. The van der Waals surface area contributed by atoms with E-state index in [0.717, 1.165) is 6.54 Å². The maximum Gasteiger partial charge on any atom is 0.147 e. The standard InChI is InChI=1S/C11H17Cl2N3/c1-11(2,3)6-15-10-8(13)5-7(12)9(14-4)16-10/h5H,6H2,1-4H3,(H2,14,15,16). The average molecular weight is 262 g/mol. The van der Waals surface area contributed by atoms with Crippen molar-refractivity contribution < 1.29 is 0 Å². The number of anilines is 2. The molecule has 1 heterocycles. The van der Waals surface area contributed by atoms with Crippen LogP contribution in [0.2, 0.25) is 10.0 Å². The molecule has 0 saturated carbocycles. The lowest BCUT2D eigenvalue weighted by Gasteiger charge is -2.20. The van der Waals surface area contributed by atoms with Gasteiger partial charge in [-0.2, -0.15) is 0 Å². The number of hydrogen-bond acceptors (Lipinski definition) is 3. The van der Waals surface area contributed by atoms with Crippen LogP contribution in [0.15, 0.2) is 6.07 Å². The van der Waals surface area contributed by atoms with E-state index in [-0.39, 0.29) is 5.41 Å². The average Bonchev–Trinajstić information content (AvgIpc) is 2.15. The second kappa shape index (κ2) is 5.11. The molecule has 1 rings (SSSR count). The molecule has 0 fully saturated rings. The molecule has 0 aromatic carbocycles. The summed E-state index contributed by atoms with van der Waals surface area (Å²) in [4.78, 5) is 4.31. The highest BCUT2D eigenvalue weighted by atomic mass is 35.5. The summed E-state index contributed by atoms with van der Waals surface area (Å²) in [6, 6.07) is 1.69. The third-order valence-corrected chi connectivity index (χ3v) is 2.53. The smallest absolute Gasteiger partial charge is 0.147 e. The van der Waals surface area contributed by atoms with Gasteiger partial charge in [-0.15, -0.1) is 0 Å². The topological polar surface area (TPSA) is 37.0 Å². The number of nitrogens with one attached hydrogen (secondary N) is 2. The number of rotatable bonds is 3. The molecule has 2 N–H and O–H groups in total. The maximum absolute atomic E-state index is 6.05. The van der Waals surface area contributed by atoms with Crippen LogP contribution in [0.4, 0.5) is 11.6 Å². The minimum Gasteiger partial charge on any atom is -0.372 e. The lowest BCUT2D eigenvalue weighted by atomic mass is 9.97.